The second-order valence-corrected chi connectivity index (χ2v) is 10.6. The van der Waals surface area contributed by atoms with Gasteiger partial charge in [-0.15, -0.1) is 0 Å². The smallest absolute Gasteiger partial charge is 0.243 e. The van der Waals surface area contributed by atoms with E-state index in [1.807, 2.05) is 60.7 Å². The third kappa shape index (κ3) is 8.17. The number of amides is 4. The van der Waals surface area contributed by atoms with Crippen LogP contribution in [0, 0.1) is 0 Å². The van der Waals surface area contributed by atoms with Gasteiger partial charge in [-0.3, -0.25) is 19.2 Å². The molecule has 3 aromatic carbocycles. The largest absolute Gasteiger partial charge is 0.508 e. The normalized spacial score (nSPS) is 16.7. The minimum atomic E-state index is -1.01. The summed E-state index contributed by atoms with van der Waals surface area (Å²) < 4.78 is 0. The molecule has 1 saturated heterocycles. The first-order chi connectivity index (χ1) is 20.2. The molecule has 1 heterocycles. The zero-order valence-electron chi connectivity index (χ0n) is 23.3. The van der Waals surface area contributed by atoms with Gasteiger partial charge in [-0.25, -0.2) is 0 Å². The van der Waals surface area contributed by atoms with Crippen LogP contribution in [0.5, 0.6) is 5.75 Å². The Bertz CT molecular complexity index is 1370. The molecular formula is C32H37N5O5. The summed E-state index contributed by atoms with van der Waals surface area (Å²) in [5, 5.41) is 15.1. The van der Waals surface area contributed by atoms with Gasteiger partial charge in [0.2, 0.25) is 23.6 Å². The molecular weight excluding hydrogens is 534 g/mol. The quantitative estimate of drug-likeness (QED) is 0.219. The van der Waals surface area contributed by atoms with Crippen molar-refractivity contribution >= 4 is 23.6 Å². The lowest BCUT2D eigenvalue weighted by Gasteiger charge is -2.29. The van der Waals surface area contributed by atoms with E-state index in [-0.39, 0.29) is 30.9 Å². The van der Waals surface area contributed by atoms with Gasteiger partial charge in [0.05, 0.1) is 6.04 Å². The van der Waals surface area contributed by atoms with Crippen molar-refractivity contribution in [3.63, 3.8) is 0 Å². The minimum absolute atomic E-state index is 0.117. The number of rotatable bonds is 12. The number of hydrogen-bond donors (Lipinski definition) is 5. The predicted octanol–water partition coefficient (Wildman–Crippen LogP) is 1.19. The number of aromatic hydroxyl groups is 1. The van der Waals surface area contributed by atoms with Gasteiger partial charge in [-0.05, 0) is 48.1 Å². The number of likely N-dealkylation sites (tertiary alicyclic amines) is 1. The Kier molecular flexibility index (Phi) is 10.3. The van der Waals surface area contributed by atoms with Crippen LogP contribution in [-0.2, 0) is 38.4 Å². The summed E-state index contributed by atoms with van der Waals surface area (Å²) >= 11 is 0. The summed E-state index contributed by atoms with van der Waals surface area (Å²) in [6, 6.07) is 21.2. The summed E-state index contributed by atoms with van der Waals surface area (Å²) in [6.07, 6.45) is 1.68. The molecule has 0 spiro atoms. The van der Waals surface area contributed by atoms with Crippen LogP contribution >= 0.6 is 0 Å². The summed E-state index contributed by atoms with van der Waals surface area (Å²) in [4.78, 5) is 54.0. The highest BCUT2D eigenvalue weighted by Gasteiger charge is 2.38. The number of primary amides is 1. The van der Waals surface area contributed by atoms with Gasteiger partial charge < -0.3 is 32.1 Å². The summed E-state index contributed by atoms with van der Waals surface area (Å²) in [7, 11) is 0. The van der Waals surface area contributed by atoms with E-state index in [1.165, 1.54) is 17.0 Å². The zero-order chi connectivity index (χ0) is 30.1. The average molecular weight is 572 g/mol. The molecule has 4 amide bonds. The summed E-state index contributed by atoms with van der Waals surface area (Å²) in [5.41, 5.74) is 14.3. The fraction of sp³-hybridized carbons (Fsp3) is 0.312. The maximum Gasteiger partial charge on any atom is 0.243 e. The maximum atomic E-state index is 13.5. The minimum Gasteiger partial charge on any atom is -0.508 e. The van der Waals surface area contributed by atoms with E-state index >= 15 is 0 Å². The number of benzene rings is 3. The molecule has 10 nitrogen and oxygen atoms in total. The molecule has 220 valence electrons. The Balaban J connectivity index is 1.46. The van der Waals surface area contributed by atoms with Crippen LogP contribution in [-0.4, -0.2) is 64.3 Å². The Hall–Kier alpha value is -4.70. The van der Waals surface area contributed by atoms with Crippen molar-refractivity contribution in [2.75, 3.05) is 6.54 Å². The highest BCUT2D eigenvalue weighted by atomic mass is 16.3. The van der Waals surface area contributed by atoms with Crippen molar-refractivity contribution in [2.24, 2.45) is 11.5 Å². The van der Waals surface area contributed by atoms with Gasteiger partial charge in [0.15, 0.2) is 0 Å². The summed E-state index contributed by atoms with van der Waals surface area (Å²) in [6.45, 7) is 0.372. The molecule has 1 fully saturated rings. The third-order valence-electron chi connectivity index (χ3n) is 7.41. The van der Waals surface area contributed by atoms with Crippen molar-refractivity contribution in [3.8, 4) is 5.75 Å². The van der Waals surface area contributed by atoms with Crippen molar-refractivity contribution in [1.82, 2.24) is 15.5 Å². The van der Waals surface area contributed by atoms with Gasteiger partial charge in [0.25, 0.3) is 0 Å². The molecule has 10 heteroatoms. The molecule has 1 aliphatic rings. The molecule has 0 saturated carbocycles. The molecule has 7 N–H and O–H groups in total. The third-order valence-corrected chi connectivity index (χ3v) is 7.41. The van der Waals surface area contributed by atoms with Crippen LogP contribution in [0.3, 0.4) is 0 Å². The first kappa shape index (κ1) is 30.3. The van der Waals surface area contributed by atoms with Gasteiger partial charge in [-0.1, -0.05) is 72.8 Å². The number of nitrogens with two attached hydrogens (primary N) is 2. The zero-order valence-corrected chi connectivity index (χ0v) is 23.3. The highest BCUT2D eigenvalue weighted by Crippen LogP contribution is 2.20. The van der Waals surface area contributed by atoms with Crippen molar-refractivity contribution in [1.29, 1.82) is 0 Å². The molecule has 0 unspecified atom stereocenters. The molecule has 3 aromatic rings. The lowest BCUT2D eigenvalue weighted by Crippen LogP contribution is -2.58. The van der Waals surface area contributed by atoms with Gasteiger partial charge in [0.1, 0.15) is 23.9 Å². The van der Waals surface area contributed by atoms with E-state index in [1.54, 1.807) is 12.1 Å². The molecule has 4 atom stereocenters. The average Bonchev–Trinajstić information content (AvgIpc) is 3.48. The van der Waals surface area contributed by atoms with Crippen LogP contribution in [0.2, 0.25) is 0 Å². The number of nitrogens with zero attached hydrogens (tertiary/aromatic N) is 1. The van der Waals surface area contributed by atoms with E-state index in [0.29, 0.717) is 19.4 Å². The number of carbonyl (C=O) groups excluding carboxylic acids is 4. The lowest BCUT2D eigenvalue weighted by atomic mass is 10.0. The number of nitrogens with one attached hydrogen (secondary N) is 2. The second kappa shape index (κ2) is 14.3. The standard InChI is InChI=1S/C32H37N5O5/c33-25(18-23-13-15-24(38)16-14-23)32(42)37-17-7-12-28(37)31(41)36-27(20-22-10-5-2-6-11-22)30(40)35-26(29(34)39)19-21-8-3-1-4-9-21/h1-6,8-11,13-16,25-28,38H,7,12,17-20,33H2,(H2,34,39)(H,35,40)(H,36,41)/t25-,26+,27+,28+/m1/s1. The molecule has 0 radical (unpaired) electrons. The monoisotopic (exact) mass is 571 g/mol. The molecule has 0 aromatic heterocycles. The first-order valence-corrected chi connectivity index (χ1v) is 14.0. The fourth-order valence-corrected chi connectivity index (χ4v) is 5.16. The van der Waals surface area contributed by atoms with Crippen LogP contribution < -0.4 is 22.1 Å². The van der Waals surface area contributed by atoms with Crippen LogP contribution in [0.15, 0.2) is 84.9 Å². The fourth-order valence-electron chi connectivity index (χ4n) is 5.16. The van der Waals surface area contributed by atoms with Crippen LogP contribution in [0.4, 0.5) is 0 Å². The van der Waals surface area contributed by atoms with Gasteiger partial charge >= 0.3 is 0 Å². The molecule has 4 rings (SSSR count). The lowest BCUT2D eigenvalue weighted by molar-refractivity contribution is -0.140. The number of phenolic OH excluding ortho intramolecular Hbond substituents is 1. The Morgan fingerprint density at radius 3 is 1.90 bits per heavy atom. The summed E-state index contributed by atoms with van der Waals surface area (Å²) in [5.74, 6) is -1.95. The molecule has 1 aliphatic heterocycles. The Labute approximate surface area is 245 Å². The Morgan fingerprint density at radius 2 is 1.33 bits per heavy atom. The number of carbonyl (C=O) groups is 4. The van der Waals surface area contributed by atoms with Gasteiger partial charge in [0, 0.05) is 19.4 Å². The van der Waals surface area contributed by atoms with Crippen molar-refractivity contribution < 1.29 is 24.3 Å². The van der Waals surface area contributed by atoms with Crippen LogP contribution in [0.1, 0.15) is 29.5 Å². The Morgan fingerprint density at radius 1 is 0.786 bits per heavy atom. The van der Waals surface area contributed by atoms with E-state index in [9.17, 15) is 24.3 Å². The topological polar surface area (TPSA) is 168 Å². The van der Waals surface area contributed by atoms with E-state index < -0.39 is 41.9 Å². The maximum absolute atomic E-state index is 13.5. The second-order valence-electron chi connectivity index (χ2n) is 10.6. The predicted molar refractivity (Wildman–Crippen MR) is 158 cm³/mol. The molecule has 42 heavy (non-hydrogen) atoms. The SMILES string of the molecule is NC(=O)[C@H](Cc1ccccc1)NC(=O)[C@H](Cc1ccccc1)NC(=O)[C@@H]1CCCN1C(=O)[C@H](N)Cc1ccc(O)cc1. The highest BCUT2D eigenvalue weighted by molar-refractivity contribution is 5.95. The molecule has 0 bridgehead atoms. The van der Waals surface area contributed by atoms with Crippen molar-refractivity contribution in [3.05, 3.63) is 102 Å². The first-order valence-electron chi connectivity index (χ1n) is 14.0. The van der Waals surface area contributed by atoms with E-state index in [4.69, 9.17) is 11.5 Å². The van der Waals surface area contributed by atoms with E-state index in [2.05, 4.69) is 10.6 Å². The number of phenols is 1. The van der Waals surface area contributed by atoms with Crippen molar-refractivity contribution in [2.45, 2.75) is 56.3 Å². The number of hydrogen-bond acceptors (Lipinski definition) is 6. The van der Waals surface area contributed by atoms with E-state index in [0.717, 1.165) is 16.7 Å². The molecule has 0 aliphatic carbocycles. The van der Waals surface area contributed by atoms with Crippen LogP contribution in [0.25, 0.3) is 0 Å². The van der Waals surface area contributed by atoms with Gasteiger partial charge in [-0.2, -0.15) is 0 Å².